The minimum absolute atomic E-state index is 0.160. The molecular weight excluding hydrogens is 367 g/mol. The van der Waals surface area contributed by atoms with E-state index in [9.17, 15) is 14.3 Å². The van der Waals surface area contributed by atoms with Crippen molar-refractivity contribution in [3.05, 3.63) is 58.3 Å². The second-order valence-electron chi connectivity index (χ2n) is 4.66. The zero-order valence-corrected chi connectivity index (χ0v) is 13.2. The van der Waals surface area contributed by atoms with Gasteiger partial charge in [0.2, 0.25) is 0 Å². The van der Waals surface area contributed by atoms with Crippen LogP contribution < -0.4 is 5.32 Å². The summed E-state index contributed by atoms with van der Waals surface area (Å²) in [4.78, 5) is 24.3. The third-order valence-corrected chi connectivity index (χ3v) is 3.69. The Kier molecular flexibility index (Phi) is 4.16. The lowest BCUT2D eigenvalue weighted by molar-refractivity contribution is 0.0943. The Balaban J connectivity index is 1.86. The van der Waals surface area contributed by atoms with Crippen molar-refractivity contribution in [3.63, 3.8) is 0 Å². The topological polar surface area (TPSA) is 88.0 Å². The molecule has 6 nitrogen and oxygen atoms in total. The highest BCUT2D eigenvalue weighted by Crippen LogP contribution is 2.28. The SMILES string of the molecule is O=C(NCc1ccc(F)cc1)c1nc(Br)c2nccnc2c1O. The minimum atomic E-state index is -0.569. The Labute approximate surface area is 138 Å². The highest BCUT2D eigenvalue weighted by molar-refractivity contribution is 9.10. The van der Waals surface area contributed by atoms with Gasteiger partial charge in [0.1, 0.15) is 21.5 Å². The smallest absolute Gasteiger partial charge is 0.274 e. The average Bonchev–Trinajstić information content (AvgIpc) is 2.57. The van der Waals surface area contributed by atoms with E-state index in [1.165, 1.54) is 24.5 Å². The molecule has 2 N–H and O–H groups in total. The Morgan fingerprint density at radius 2 is 1.83 bits per heavy atom. The van der Waals surface area contributed by atoms with Gasteiger partial charge in [0.25, 0.3) is 5.91 Å². The van der Waals surface area contributed by atoms with E-state index in [0.29, 0.717) is 10.1 Å². The van der Waals surface area contributed by atoms with Crippen LogP contribution in [0.1, 0.15) is 16.1 Å². The number of fused-ring (bicyclic) bond motifs is 1. The van der Waals surface area contributed by atoms with Crippen molar-refractivity contribution < 1.29 is 14.3 Å². The van der Waals surface area contributed by atoms with E-state index in [2.05, 4.69) is 36.2 Å². The molecule has 0 fully saturated rings. The molecule has 0 saturated carbocycles. The number of carbonyl (C=O) groups excluding carboxylic acids is 1. The van der Waals surface area contributed by atoms with Gasteiger partial charge in [-0.15, -0.1) is 0 Å². The van der Waals surface area contributed by atoms with Crippen molar-refractivity contribution >= 4 is 32.9 Å². The quantitative estimate of drug-likeness (QED) is 0.685. The Morgan fingerprint density at radius 1 is 1.17 bits per heavy atom. The number of nitrogens with one attached hydrogen (secondary N) is 1. The van der Waals surface area contributed by atoms with Crippen LogP contribution in [-0.2, 0) is 6.54 Å². The first-order valence-corrected chi connectivity index (χ1v) is 7.37. The molecule has 2 aromatic heterocycles. The van der Waals surface area contributed by atoms with Gasteiger partial charge in [-0.05, 0) is 33.6 Å². The van der Waals surface area contributed by atoms with E-state index in [1.54, 1.807) is 12.1 Å². The van der Waals surface area contributed by atoms with Gasteiger partial charge in [-0.25, -0.2) is 19.3 Å². The van der Waals surface area contributed by atoms with E-state index >= 15 is 0 Å². The number of hydrogen-bond donors (Lipinski definition) is 2. The number of hydrogen-bond acceptors (Lipinski definition) is 5. The van der Waals surface area contributed by atoms with Crippen LogP contribution in [-0.4, -0.2) is 26.0 Å². The second-order valence-corrected chi connectivity index (χ2v) is 5.41. The monoisotopic (exact) mass is 376 g/mol. The van der Waals surface area contributed by atoms with Gasteiger partial charge in [0.05, 0.1) is 0 Å². The fourth-order valence-corrected chi connectivity index (χ4v) is 2.47. The van der Waals surface area contributed by atoms with Crippen molar-refractivity contribution in [2.24, 2.45) is 0 Å². The van der Waals surface area contributed by atoms with Crippen molar-refractivity contribution in [1.82, 2.24) is 20.3 Å². The number of aromatic hydroxyl groups is 1. The molecule has 0 aliphatic rings. The molecule has 3 aromatic rings. The van der Waals surface area contributed by atoms with E-state index in [-0.39, 0.29) is 29.3 Å². The van der Waals surface area contributed by atoms with Crippen LogP contribution in [0.5, 0.6) is 5.75 Å². The zero-order chi connectivity index (χ0) is 16.4. The van der Waals surface area contributed by atoms with E-state index in [1.807, 2.05) is 0 Å². The molecule has 0 atom stereocenters. The summed E-state index contributed by atoms with van der Waals surface area (Å²) >= 11 is 3.21. The number of halogens is 2. The molecule has 0 spiro atoms. The molecule has 1 aromatic carbocycles. The molecule has 0 aliphatic heterocycles. The molecule has 8 heteroatoms. The van der Waals surface area contributed by atoms with Crippen molar-refractivity contribution in [2.45, 2.75) is 6.54 Å². The third-order valence-electron chi connectivity index (χ3n) is 3.13. The summed E-state index contributed by atoms with van der Waals surface area (Å²) in [6, 6.07) is 5.73. The van der Waals surface area contributed by atoms with Crippen LogP contribution in [0.15, 0.2) is 41.3 Å². The molecule has 0 radical (unpaired) electrons. The normalized spacial score (nSPS) is 10.7. The summed E-state index contributed by atoms with van der Waals surface area (Å²) in [5.41, 5.74) is 1.10. The summed E-state index contributed by atoms with van der Waals surface area (Å²) < 4.78 is 13.2. The fourth-order valence-electron chi connectivity index (χ4n) is 2.01. The predicted molar refractivity (Wildman–Crippen MR) is 84.3 cm³/mol. The summed E-state index contributed by atoms with van der Waals surface area (Å²) in [6.45, 7) is 0.177. The Hall–Kier alpha value is -2.61. The third kappa shape index (κ3) is 3.11. The summed E-state index contributed by atoms with van der Waals surface area (Å²) in [5.74, 6) is -1.26. The van der Waals surface area contributed by atoms with Crippen LogP contribution in [0.3, 0.4) is 0 Å². The zero-order valence-electron chi connectivity index (χ0n) is 11.6. The molecule has 0 saturated heterocycles. The maximum atomic E-state index is 12.8. The van der Waals surface area contributed by atoms with Gasteiger partial charge in [-0.2, -0.15) is 0 Å². The summed E-state index contributed by atoms with van der Waals surface area (Å²) in [7, 11) is 0. The van der Waals surface area contributed by atoms with Crippen LogP contribution in [0.25, 0.3) is 11.0 Å². The molecule has 2 heterocycles. The van der Waals surface area contributed by atoms with Crippen LogP contribution in [0.2, 0.25) is 0 Å². The van der Waals surface area contributed by atoms with Gasteiger partial charge >= 0.3 is 0 Å². The van der Waals surface area contributed by atoms with Crippen molar-refractivity contribution in [1.29, 1.82) is 0 Å². The van der Waals surface area contributed by atoms with E-state index in [0.717, 1.165) is 5.56 Å². The molecule has 3 rings (SSSR count). The molecule has 0 aliphatic carbocycles. The second kappa shape index (κ2) is 6.25. The number of amides is 1. The van der Waals surface area contributed by atoms with Crippen LogP contribution in [0, 0.1) is 5.82 Å². The lowest BCUT2D eigenvalue weighted by Crippen LogP contribution is -2.24. The van der Waals surface area contributed by atoms with Crippen LogP contribution in [0.4, 0.5) is 4.39 Å². The number of rotatable bonds is 3. The maximum absolute atomic E-state index is 12.8. The number of carbonyl (C=O) groups is 1. The first kappa shape index (κ1) is 15.3. The van der Waals surface area contributed by atoms with E-state index in [4.69, 9.17) is 0 Å². The first-order chi connectivity index (χ1) is 11.1. The molecule has 0 unspecified atom stereocenters. The van der Waals surface area contributed by atoms with Gasteiger partial charge < -0.3 is 10.4 Å². The Morgan fingerprint density at radius 3 is 2.52 bits per heavy atom. The lowest BCUT2D eigenvalue weighted by atomic mass is 10.2. The molecule has 116 valence electrons. The highest BCUT2D eigenvalue weighted by atomic mass is 79.9. The van der Waals surface area contributed by atoms with Crippen molar-refractivity contribution in [2.75, 3.05) is 0 Å². The predicted octanol–water partition coefficient (Wildman–Crippen LogP) is 2.56. The molecular formula is C15H10BrFN4O2. The first-order valence-electron chi connectivity index (χ1n) is 6.58. The van der Waals surface area contributed by atoms with E-state index < -0.39 is 5.91 Å². The van der Waals surface area contributed by atoms with Gasteiger partial charge in [0.15, 0.2) is 11.4 Å². The number of benzene rings is 1. The lowest BCUT2D eigenvalue weighted by Gasteiger charge is -2.08. The number of nitrogens with zero attached hydrogens (tertiary/aromatic N) is 3. The molecule has 23 heavy (non-hydrogen) atoms. The Bertz CT molecular complexity index is 887. The number of pyridine rings is 1. The molecule has 0 bridgehead atoms. The standard InChI is InChI=1S/C15H10BrFN4O2/c16-14-11-10(18-5-6-19-11)13(22)12(21-14)15(23)20-7-8-1-3-9(17)4-2-8/h1-6,22H,7H2,(H,20,23). The largest absolute Gasteiger partial charge is 0.504 e. The van der Waals surface area contributed by atoms with Gasteiger partial charge in [0, 0.05) is 18.9 Å². The average molecular weight is 377 g/mol. The van der Waals surface area contributed by atoms with Gasteiger partial charge in [-0.3, -0.25) is 4.79 Å². The molecule has 1 amide bonds. The maximum Gasteiger partial charge on any atom is 0.274 e. The van der Waals surface area contributed by atoms with Gasteiger partial charge in [-0.1, -0.05) is 12.1 Å². The summed E-state index contributed by atoms with van der Waals surface area (Å²) in [6.07, 6.45) is 2.87. The highest BCUT2D eigenvalue weighted by Gasteiger charge is 2.19. The summed E-state index contributed by atoms with van der Waals surface area (Å²) in [5, 5.41) is 12.8. The van der Waals surface area contributed by atoms with Crippen molar-refractivity contribution in [3.8, 4) is 5.75 Å². The minimum Gasteiger partial charge on any atom is -0.504 e. The fraction of sp³-hybridized carbons (Fsp3) is 0.0667. The van der Waals surface area contributed by atoms with Crippen LogP contribution >= 0.6 is 15.9 Å². The number of aromatic nitrogens is 3.